The Morgan fingerprint density at radius 2 is 2.08 bits per heavy atom. The Bertz CT molecular complexity index is 161. The maximum absolute atomic E-state index is 11.5. The van der Waals surface area contributed by atoms with E-state index in [1.807, 2.05) is 0 Å². The Morgan fingerprint density at radius 1 is 1.58 bits per heavy atom. The summed E-state index contributed by atoms with van der Waals surface area (Å²) >= 11 is -0.292. The lowest BCUT2D eigenvalue weighted by atomic mass is 10.2. The number of halogens is 3. The Morgan fingerprint density at radius 3 is 2.42 bits per heavy atom. The van der Waals surface area contributed by atoms with Crippen LogP contribution in [0.15, 0.2) is 0 Å². The highest BCUT2D eigenvalue weighted by molar-refractivity contribution is 8.00. The summed E-state index contributed by atoms with van der Waals surface area (Å²) in [7, 11) is 0. The van der Waals surface area contributed by atoms with Gasteiger partial charge in [0.1, 0.15) is 0 Å². The van der Waals surface area contributed by atoms with Crippen molar-refractivity contribution in [2.24, 2.45) is 5.73 Å². The van der Waals surface area contributed by atoms with Crippen LogP contribution in [0.5, 0.6) is 0 Å². The molecular formula is C5H7F3NO2S-. The van der Waals surface area contributed by atoms with E-state index in [1.165, 1.54) is 0 Å². The molecular weight excluding hydrogens is 195 g/mol. The number of carbonyl (C=O) groups is 1. The summed E-state index contributed by atoms with van der Waals surface area (Å²) in [5.74, 6) is -1.89. The normalized spacial score (nSPS) is 14.3. The maximum atomic E-state index is 11.5. The van der Waals surface area contributed by atoms with E-state index < -0.39 is 17.5 Å². The number of hydrogen-bond donors (Lipinski definition) is 1. The van der Waals surface area contributed by atoms with E-state index in [-0.39, 0.29) is 23.9 Å². The van der Waals surface area contributed by atoms with Crippen molar-refractivity contribution in [2.75, 3.05) is 5.75 Å². The first-order chi connectivity index (χ1) is 5.33. The molecule has 3 nitrogen and oxygen atoms in total. The van der Waals surface area contributed by atoms with E-state index >= 15 is 0 Å². The van der Waals surface area contributed by atoms with Gasteiger partial charge in [0, 0.05) is 11.8 Å². The Labute approximate surface area is 71.1 Å². The molecule has 0 aliphatic heterocycles. The first-order valence-corrected chi connectivity index (χ1v) is 3.98. The lowest BCUT2D eigenvalue weighted by molar-refractivity contribution is -0.307. The molecule has 0 unspecified atom stereocenters. The van der Waals surface area contributed by atoms with Crippen LogP contribution < -0.4 is 10.8 Å². The molecule has 2 N–H and O–H groups in total. The fourth-order valence-electron chi connectivity index (χ4n) is 0.419. The monoisotopic (exact) mass is 202 g/mol. The van der Waals surface area contributed by atoms with Gasteiger partial charge in [0.15, 0.2) is 0 Å². The van der Waals surface area contributed by atoms with E-state index in [2.05, 4.69) is 0 Å². The molecule has 0 aromatic rings. The van der Waals surface area contributed by atoms with Crippen molar-refractivity contribution >= 4 is 17.7 Å². The molecule has 0 spiro atoms. The van der Waals surface area contributed by atoms with Gasteiger partial charge in [-0.3, -0.25) is 0 Å². The minimum Gasteiger partial charge on any atom is -0.548 e. The molecule has 7 heteroatoms. The standard InChI is InChI=1S/C5H8F3NO2S/c6-5(7,8)12-2-1-3(9)4(10)11/h3H,1-2,9H2,(H,10,11)/p-1/t3-/m0/s1. The Hall–Kier alpha value is -0.430. The van der Waals surface area contributed by atoms with Gasteiger partial charge < -0.3 is 15.6 Å². The van der Waals surface area contributed by atoms with Crippen LogP contribution in [0.1, 0.15) is 6.42 Å². The minimum atomic E-state index is -4.33. The van der Waals surface area contributed by atoms with Gasteiger partial charge in [0.05, 0.1) is 5.97 Å². The molecule has 0 bridgehead atoms. The molecule has 0 saturated heterocycles. The van der Waals surface area contributed by atoms with Gasteiger partial charge in [-0.05, 0) is 6.42 Å². The molecule has 72 valence electrons. The van der Waals surface area contributed by atoms with Crippen LogP contribution in [0.4, 0.5) is 13.2 Å². The van der Waals surface area contributed by atoms with Crippen LogP contribution >= 0.6 is 11.8 Å². The first kappa shape index (κ1) is 11.6. The van der Waals surface area contributed by atoms with Gasteiger partial charge in [-0.1, -0.05) is 11.8 Å². The van der Waals surface area contributed by atoms with E-state index in [4.69, 9.17) is 5.73 Å². The average molecular weight is 202 g/mol. The molecule has 0 heterocycles. The second-order valence-electron chi connectivity index (χ2n) is 2.01. The number of thioether (sulfide) groups is 1. The molecule has 0 rings (SSSR count). The molecule has 0 aliphatic carbocycles. The molecule has 0 radical (unpaired) electrons. The number of carbonyl (C=O) groups excluding carboxylic acids is 1. The molecule has 0 saturated carbocycles. The molecule has 0 aromatic carbocycles. The van der Waals surface area contributed by atoms with Crippen molar-refractivity contribution in [2.45, 2.75) is 18.0 Å². The summed E-state index contributed by atoms with van der Waals surface area (Å²) in [5.41, 5.74) is 0.575. The number of alkyl halides is 3. The second-order valence-corrected chi connectivity index (χ2v) is 3.17. The van der Waals surface area contributed by atoms with E-state index in [9.17, 15) is 23.1 Å². The third-order valence-electron chi connectivity index (χ3n) is 0.997. The summed E-state index contributed by atoms with van der Waals surface area (Å²) < 4.78 is 34.4. The highest BCUT2D eigenvalue weighted by Crippen LogP contribution is 2.30. The Kier molecular flexibility index (Phi) is 4.40. The topological polar surface area (TPSA) is 66.2 Å². The van der Waals surface area contributed by atoms with Gasteiger partial charge >= 0.3 is 5.51 Å². The van der Waals surface area contributed by atoms with Crippen molar-refractivity contribution in [3.05, 3.63) is 0 Å². The molecule has 0 fully saturated rings. The fraction of sp³-hybridized carbons (Fsp3) is 0.800. The quantitative estimate of drug-likeness (QED) is 0.680. The van der Waals surface area contributed by atoms with Crippen molar-refractivity contribution < 1.29 is 23.1 Å². The average Bonchev–Trinajstić information content (AvgIpc) is 1.84. The summed E-state index contributed by atoms with van der Waals surface area (Å²) in [6.07, 6.45) is -0.244. The van der Waals surface area contributed by atoms with Crippen LogP contribution in [-0.4, -0.2) is 23.3 Å². The molecule has 0 amide bonds. The second kappa shape index (κ2) is 4.56. The third-order valence-corrected chi connectivity index (χ3v) is 1.76. The van der Waals surface area contributed by atoms with Gasteiger partial charge in [-0.25, -0.2) is 0 Å². The summed E-state index contributed by atoms with van der Waals surface area (Å²) in [4.78, 5) is 9.93. The fourth-order valence-corrected chi connectivity index (χ4v) is 1.02. The first-order valence-electron chi connectivity index (χ1n) is 3.00. The van der Waals surface area contributed by atoms with E-state index in [1.54, 1.807) is 0 Å². The summed E-state index contributed by atoms with van der Waals surface area (Å²) in [5, 5.41) is 9.93. The van der Waals surface area contributed by atoms with Crippen LogP contribution in [0.3, 0.4) is 0 Å². The highest BCUT2D eigenvalue weighted by Gasteiger charge is 2.27. The Balaban J connectivity index is 3.51. The van der Waals surface area contributed by atoms with Crippen molar-refractivity contribution in [3.63, 3.8) is 0 Å². The van der Waals surface area contributed by atoms with E-state index in [0.29, 0.717) is 0 Å². The zero-order valence-corrected chi connectivity index (χ0v) is 6.74. The summed E-state index contributed by atoms with van der Waals surface area (Å²) in [6, 6.07) is -1.32. The van der Waals surface area contributed by atoms with Crippen LogP contribution in [0.25, 0.3) is 0 Å². The number of carboxylic acid groups (broad SMARTS) is 1. The molecule has 12 heavy (non-hydrogen) atoms. The number of rotatable bonds is 4. The summed E-state index contributed by atoms with van der Waals surface area (Å²) in [6.45, 7) is 0. The third kappa shape index (κ3) is 6.29. The predicted molar refractivity (Wildman–Crippen MR) is 36.1 cm³/mol. The van der Waals surface area contributed by atoms with E-state index in [0.717, 1.165) is 0 Å². The molecule has 0 aromatic heterocycles. The van der Waals surface area contributed by atoms with Crippen LogP contribution in [0, 0.1) is 0 Å². The van der Waals surface area contributed by atoms with Crippen molar-refractivity contribution in [1.29, 1.82) is 0 Å². The van der Waals surface area contributed by atoms with Gasteiger partial charge in [0.2, 0.25) is 0 Å². The molecule has 0 aliphatic rings. The van der Waals surface area contributed by atoms with Gasteiger partial charge in [0.25, 0.3) is 0 Å². The van der Waals surface area contributed by atoms with Crippen molar-refractivity contribution in [1.82, 2.24) is 0 Å². The maximum Gasteiger partial charge on any atom is 0.441 e. The van der Waals surface area contributed by atoms with Crippen LogP contribution in [-0.2, 0) is 4.79 Å². The van der Waals surface area contributed by atoms with Crippen molar-refractivity contribution in [3.8, 4) is 0 Å². The number of aliphatic carboxylic acids is 1. The number of carboxylic acids is 1. The SMILES string of the molecule is N[C@@H](CCSC(F)(F)F)C(=O)[O-]. The number of hydrogen-bond acceptors (Lipinski definition) is 4. The lowest BCUT2D eigenvalue weighted by Gasteiger charge is -2.12. The predicted octanol–water partition coefficient (Wildman–Crippen LogP) is -0.293. The largest absolute Gasteiger partial charge is 0.548 e. The van der Waals surface area contributed by atoms with Gasteiger partial charge in [-0.2, -0.15) is 13.2 Å². The smallest absolute Gasteiger partial charge is 0.441 e. The zero-order chi connectivity index (χ0) is 9.78. The van der Waals surface area contributed by atoms with Crippen LogP contribution in [0.2, 0.25) is 0 Å². The zero-order valence-electron chi connectivity index (χ0n) is 5.93. The molecule has 1 atom stereocenters. The van der Waals surface area contributed by atoms with Gasteiger partial charge in [-0.15, -0.1) is 0 Å². The minimum absolute atomic E-state index is 0.244. The number of nitrogens with two attached hydrogens (primary N) is 1. The lowest BCUT2D eigenvalue weighted by Crippen LogP contribution is -2.42. The highest BCUT2D eigenvalue weighted by atomic mass is 32.2.